The van der Waals surface area contributed by atoms with E-state index in [1.165, 1.54) is 23.9 Å². The number of hydrogen-bond donors (Lipinski definition) is 0. The van der Waals surface area contributed by atoms with Crippen LogP contribution in [0.5, 0.6) is 5.75 Å². The maximum Gasteiger partial charge on any atom is 0.336 e. The molecule has 0 saturated heterocycles. The van der Waals surface area contributed by atoms with Crippen molar-refractivity contribution in [2.75, 3.05) is 7.11 Å². The van der Waals surface area contributed by atoms with Gasteiger partial charge in [-0.3, -0.25) is 19.0 Å². The van der Waals surface area contributed by atoms with E-state index >= 15 is 0 Å². The molecule has 0 amide bonds. The molecule has 10 nitrogen and oxygen atoms in total. The molecule has 6 rings (SSSR count). The second kappa shape index (κ2) is 8.11. The van der Waals surface area contributed by atoms with Gasteiger partial charge in [0.15, 0.2) is 11.6 Å². The molecule has 1 aliphatic rings. The second-order valence-electron chi connectivity index (χ2n) is 8.67. The van der Waals surface area contributed by atoms with Crippen molar-refractivity contribution < 1.29 is 9.13 Å². The van der Waals surface area contributed by atoms with Gasteiger partial charge >= 0.3 is 5.69 Å². The van der Waals surface area contributed by atoms with E-state index in [0.29, 0.717) is 33.3 Å². The third kappa shape index (κ3) is 3.27. The fourth-order valence-electron chi connectivity index (χ4n) is 4.67. The number of fused-ring (bicyclic) bond motifs is 2. The van der Waals surface area contributed by atoms with Gasteiger partial charge in [0.1, 0.15) is 4.70 Å². The molecule has 5 aromatic rings. The Kier molecular flexibility index (Phi) is 4.97. The minimum atomic E-state index is -0.685. The average molecular weight is 514 g/mol. The van der Waals surface area contributed by atoms with Crippen LogP contribution in [0, 0.1) is 34.4 Å². The van der Waals surface area contributed by atoms with Crippen LogP contribution >= 0.6 is 11.3 Å². The number of rotatable bonds is 4. The summed E-state index contributed by atoms with van der Waals surface area (Å²) in [6, 6.07) is 7.87. The highest BCUT2D eigenvalue weighted by atomic mass is 32.1. The smallest absolute Gasteiger partial charge is 0.336 e. The summed E-state index contributed by atoms with van der Waals surface area (Å²) in [4.78, 5) is 32.4. The quantitative estimate of drug-likeness (QED) is 0.360. The lowest BCUT2D eigenvalue weighted by molar-refractivity contribution is 0.386. The Morgan fingerprint density at radius 2 is 2.00 bits per heavy atom. The number of nitrogens with zero attached hydrogens (tertiary/aromatic N) is 7. The molecule has 0 aliphatic heterocycles. The summed E-state index contributed by atoms with van der Waals surface area (Å²) in [7, 11) is 3.02. The van der Waals surface area contributed by atoms with Crippen molar-refractivity contribution in [1.82, 2.24) is 23.9 Å². The Morgan fingerprint density at radius 3 is 2.70 bits per heavy atom. The van der Waals surface area contributed by atoms with E-state index in [0.717, 1.165) is 22.0 Å². The van der Waals surface area contributed by atoms with E-state index in [9.17, 15) is 24.5 Å². The van der Waals surface area contributed by atoms with E-state index in [1.54, 1.807) is 30.2 Å². The minimum absolute atomic E-state index is 0.0537. The van der Waals surface area contributed by atoms with Gasteiger partial charge in [-0.1, -0.05) is 0 Å². The first-order valence-corrected chi connectivity index (χ1v) is 11.9. The predicted molar refractivity (Wildman–Crippen MR) is 133 cm³/mol. The number of pyridine rings is 1. The highest BCUT2D eigenvalue weighted by molar-refractivity contribution is 7.22. The number of halogens is 1. The Balaban J connectivity index is 1.70. The Morgan fingerprint density at radius 1 is 1.19 bits per heavy atom. The molecule has 2 atom stereocenters. The molecule has 182 valence electrons. The number of hydrogen-bond acceptors (Lipinski definition) is 8. The summed E-state index contributed by atoms with van der Waals surface area (Å²) in [6.07, 6.45) is 5.09. The van der Waals surface area contributed by atoms with Gasteiger partial charge in [-0.15, -0.1) is 11.3 Å². The molecule has 37 heavy (non-hydrogen) atoms. The fraction of sp³-hybridized carbons (Fsp3) is 0.200. The number of thiophene rings is 1. The van der Waals surface area contributed by atoms with Crippen LogP contribution in [0.1, 0.15) is 18.0 Å². The van der Waals surface area contributed by atoms with E-state index in [-0.39, 0.29) is 27.6 Å². The molecule has 1 aromatic carbocycles. The van der Waals surface area contributed by atoms with Crippen LogP contribution in [0.15, 0.2) is 46.4 Å². The van der Waals surface area contributed by atoms with Gasteiger partial charge in [-0.25, -0.2) is 13.8 Å². The molecule has 1 unspecified atom stereocenters. The molecule has 0 bridgehead atoms. The average Bonchev–Trinajstić information content (AvgIpc) is 3.36. The maximum atomic E-state index is 14.3. The van der Waals surface area contributed by atoms with E-state index in [4.69, 9.17) is 4.74 Å². The highest BCUT2D eigenvalue weighted by Crippen LogP contribution is 2.45. The zero-order chi connectivity index (χ0) is 26.0. The second-order valence-corrected chi connectivity index (χ2v) is 9.72. The number of aromatic nitrogens is 5. The number of ether oxygens (including phenoxy) is 1. The summed E-state index contributed by atoms with van der Waals surface area (Å²) in [5.41, 5.74) is 0.445. The molecule has 0 N–H and O–H groups in total. The normalized spacial score (nSPS) is 16.6. The lowest BCUT2D eigenvalue weighted by Gasteiger charge is -2.12. The number of aryl methyl sites for hydroxylation is 1. The summed E-state index contributed by atoms with van der Waals surface area (Å²) < 4.78 is 23.7. The third-order valence-corrected chi connectivity index (χ3v) is 7.71. The van der Waals surface area contributed by atoms with Crippen molar-refractivity contribution in [3.63, 3.8) is 0 Å². The van der Waals surface area contributed by atoms with Crippen molar-refractivity contribution in [1.29, 1.82) is 10.5 Å². The van der Waals surface area contributed by atoms with Gasteiger partial charge in [-0.05, 0) is 24.6 Å². The van der Waals surface area contributed by atoms with Crippen LogP contribution in [0.4, 0.5) is 4.39 Å². The van der Waals surface area contributed by atoms with Gasteiger partial charge in [0.2, 0.25) is 0 Å². The summed E-state index contributed by atoms with van der Waals surface area (Å²) in [5.74, 6) is -1.11. The first-order valence-electron chi connectivity index (χ1n) is 11.1. The molecule has 12 heteroatoms. The SMILES string of the molecule is COc1cc(-c2cc3c(s2)c(=O)n(-c2cncc4cnn(C)c24)c(=O)n3C2C[C@@H]2C#N)c(C#N)cc1F. The van der Waals surface area contributed by atoms with Crippen molar-refractivity contribution in [3.05, 3.63) is 69.0 Å². The van der Waals surface area contributed by atoms with Gasteiger partial charge in [0.05, 0.1) is 65.9 Å². The van der Waals surface area contributed by atoms with Crippen LogP contribution in [0.25, 0.3) is 37.2 Å². The monoisotopic (exact) mass is 513 g/mol. The number of nitriles is 2. The Hall–Kier alpha value is -4.81. The molecule has 4 heterocycles. The highest BCUT2D eigenvalue weighted by Gasteiger charge is 2.42. The fourth-order valence-corrected chi connectivity index (χ4v) is 5.78. The van der Waals surface area contributed by atoms with Gasteiger partial charge in [0, 0.05) is 29.1 Å². The van der Waals surface area contributed by atoms with E-state index in [1.807, 2.05) is 6.07 Å². The van der Waals surface area contributed by atoms with Crippen LogP contribution in [-0.4, -0.2) is 31.0 Å². The predicted octanol–water partition coefficient (Wildman–Crippen LogP) is 3.27. The molecular weight excluding hydrogens is 497 g/mol. The van der Waals surface area contributed by atoms with Gasteiger partial charge < -0.3 is 4.74 Å². The lowest BCUT2D eigenvalue weighted by Crippen LogP contribution is -2.38. The van der Waals surface area contributed by atoms with Crippen LogP contribution in [0.2, 0.25) is 0 Å². The van der Waals surface area contributed by atoms with Gasteiger partial charge in [0.25, 0.3) is 5.56 Å². The van der Waals surface area contributed by atoms with Gasteiger partial charge in [-0.2, -0.15) is 15.6 Å². The Bertz CT molecular complexity index is 1970. The summed E-state index contributed by atoms with van der Waals surface area (Å²) in [5, 5.41) is 24.0. The molecule has 1 fully saturated rings. The standard InChI is InChI=1S/C25H16FN7O3S/c1-31-22-14(10-30-31)9-29-11-19(22)33-24(34)23-18(32(25(33)35)17-4-13(17)8-28)6-21(37-23)15-5-20(36-2)16(26)3-12(15)7-27/h3,5-6,9-11,13,17H,4H2,1-2H3/t13-,17?/m1/s1. The Labute approximate surface area is 211 Å². The van der Waals surface area contributed by atoms with Crippen molar-refractivity contribution in [3.8, 4) is 34.0 Å². The molecule has 1 aliphatic carbocycles. The zero-order valence-corrected chi connectivity index (χ0v) is 20.3. The number of methoxy groups -OCH3 is 1. The van der Waals surface area contributed by atoms with Crippen LogP contribution < -0.4 is 16.0 Å². The summed E-state index contributed by atoms with van der Waals surface area (Å²) in [6.45, 7) is 0. The van der Waals surface area contributed by atoms with E-state index in [2.05, 4.69) is 16.2 Å². The summed E-state index contributed by atoms with van der Waals surface area (Å²) >= 11 is 1.08. The molecule has 1 saturated carbocycles. The number of benzene rings is 1. The lowest BCUT2D eigenvalue weighted by atomic mass is 10.1. The minimum Gasteiger partial charge on any atom is -0.494 e. The van der Waals surface area contributed by atoms with Crippen molar-refractivity contribution >= 4 is 32.5 Å². The first-order chi connectivity index (χ1) is 17.9. The zero-order valence-electron chi connectivity index (χ0n) is 19.5. The van der Waals surface area contributed by atoms with Crippen molar-refractivity contribution in [2.24, 2.45) is 13.0 Å². The third-order valence-electron chi connectivity index (χ3n) is 6.56. The van der Waals surface area contributed by atoms with E-state index < -0.39 is 23.1 Å². The molecule has 0 radical (unpaired) electrons. The molecular formula is C25H16FN7O3S. The van der Waals surface area contributed by atoms with Crippen molar-refractivity contribution in [2.45, 2.75) is 12.5 Å². The first kappa shape index (κ1) is 22.6. The van der Waals surface area contributed by atoms with Crippen LogP contribution in [0.3, 0.4) is 0 Å². The molecule has 0 spiro atoms. The topological polar surface area (TPSA) is 132 Å². The largest absolute Gasteiger partial charge is 0.494 e. The maximum absolute atomic E-state index is 14.3. The molecule has 4 aromatic heterocycles. The van der Waals surface area contributed by atoms with Crippen LogP contribution in [-0.2, 0) is 7.05 Å².